The van der Waals surface area contributed by atoms with Gasteiger partial charge in [-0.3, -0.25) is 0 Å². The highest BCUT2D eigenvalue weighted by Crippen LogP contribution is 2.17. The third kappa shape index (κ3) is 3.84. The number of allylic oxidation sites excluding steroid dienone is 1. The summed E-state index contributed by atoms with van der Waals surface area (Å²) in [7, 11) is 0. The molecule has 0 saturated heterocycles. The molecule has 1 rings (SSSR count). The Morgan fingerprint density at radius 2 is 2.08 bits per heavy atom. The molecule has 0 saturated carbocycles. The number of thioether (sulfide) groups is 1. The third-order valence-corrected chi connectivity index (χ3v) is 2.45. The van der Waals surface area contributed by atoms with Crippen LogP contribution in [0, 0.1) is 0 Å². The van der Waals surface area contributed by atoms with Crippen molar-refractivity contribution in [2.45, 2.75) is 11.8 Å². The average molecular weight is 199 g/mol. The Morgan fingerprint density at radius 1 is 1.42 bits per heavy atom. The van der Waals surface area contributed by atoms with Crippen LogP contribution in [0.4, 0.5) is 0 Å². The van der Waals surface area contributed by atoms with Gasteiger partial charge in [0.15, 0.2) is 0 Å². The van der Waals surface area contributed by atoms with Gasteiger partial charge >= 0.3 is 0 Å². The van der Waals surface area contributed by atoms with Crippen molar-refractivity contribution in [3.05, 3.63) is 41.4 Å². The van der Waals surface area contributed by atoms with Crippen LogP contribution >= 0.6 is 23.4 Å². The zero-order chi connectivity index (χ0) is 8.81. The van der Waals surface area contributed by atoms with Crippen LogP contribution in [0.2, 0.25) is 0 Å². The molecule has 0 nitrogen and oxygen atoms in total. The Hall–Kier alpha value is -0.400. The first-order chi connectivity index (χ1) is 5.79. The molecule has 0 aliphatic rings. The molecular weight excluding hydrogens is 188 g/mol. The van der Waals surface area contributed by atoms with Gasteiger partial charge in [-0.2, -0.15) is 0 Å². The number of hydrogen-bond donors (Lipinski definition) is 0. The van der Waals surface area contributed by atoms with Gasteiger partial charge in [0.25, 0.3) is 0 Å². The molecular formula is C10H11ClS. The molecule has 0 bridgehead atoms. The van der Waals surface area contributed by atoms with E-state index in [1.807, 2.05) is 31.2 Å². The van der Waals surface area contributed by atoms with Crippen molar-refractivity contribution in [2.75, 3.05) is 5.75 Å². The second-order valence-electron chi connectivity index (χ2n) is 2.41. The van der Waals surface area contributed by atoms with E-state index in [1.54, 1.807) is 11.8 Å². The average Bonchev–Trinajstić information content (AvgIpc) is 2.05. The molecule has 0 N–H and O–H groups in total. The van der Waals surface area contributed by atoms with Gasteiger partial charge in [-0.05, 0) is 19.1 Å². The van der Waals surface area contributed by atoms with E-state index < -0.39 is 0 Å². The highest BCUT2D eigenvalue weighted by molar-refractivity contribution is 7.99. The Balaban J connectivity index is 2.39. The van der Waals surface area contributed by atoms with Crippen molar-refractivity contribution < 1.29 is 0 Å². The van der Waals surface area contributed by atoms with E-state index in [0.29, 0.717) is 0 Å². The Labute approximate surface area is 82.6 Å². The lowest BCUT2D eigenvalue weighted by Crippen LogP contribution is -1.73. The maximum atomic E-state index is 5.69. The minimum atomic E-state index is 0.860. The third-order valence-electron chi connectivity index (χ3n) is 1.36. The van der Waals surface area contributed by atoms with E-state index in [9.17, 15) is 0 Å². The van der Waals surface area contributed by atoms with Crippen LogP contribution in [0.3, 0.4) is 0 Å². The number of halogens is 1. The van der Waals surface area contributed by atoms with E-state index in [2.05, 4.69) is 12.1 Å². The zero-order valence-electron chi connectivity index (χ0n) is 6.96. The smallest absolute Gasteiger partial charge is 0.0175 e. The van der Waals surface area contributed by atoms with Crippen LogP contribution in [-0.4, -0.2) is 5.75 Å². The van der Waals surface area contributed by atoms with Gasteiger partial charge in [-0.1, -0.05) is 35.9 Å². The van der Waals surface area contributed by atoms with Gasteiger partial charge in [0, 0.05) is 15.7 Å². The summed E-state index contributed by atoms with van der Waals surface area (Å²) in [5, 5.41) is 0.860. The molecule has 0 amide bonds. The molecule has 0 fully saturated rings. The lowest BCUT2D eigenvalue weighted by molar-refractivity contribution is 1.46. The monoisotopic (exact) mass is 198 g/mol. The first kappa shape index (κ1) is 9.69. The van der Waals surface area contributed by atoms with Crippen molar-refractivity contribution in [1.29, 1.82) is 0 Å². The molecule has 0 aromatic heterocycles. The molecule has 0 heterocycles. The summed E-state index contributed by atoms with van der Waals surface area (Å²) in [6.45, 7) is 1.90. The van der Waals surface area contributed by atoms with Crippen LogP contribution in [0.1, 0.15) is 6.92 Å². The van der Waals surface area contributed by atoms with Gasteiger partial charge in [0.2, 0.25) is 0 Å². The van der Waals surface area contributed by atoms with Gasteiger partial charge in [0.05, 0.1) is 0 Å². The Kier molecular flexibility index (Phi) is 4.26. The number of benzene rings is 1. The van der Waals surface area contributed by atoms with E-state index >= 15 is 0 Å². The van der Waals surface area contributed by atoms with Crippen LogP contribution in [0.5, 0.6) is 0 Å². The van der Waals surface area contributed by atoms with E-state index in [1.165, 1.54) is 4.90 Å². The Bertz CT molecular complexity index is 250. The summed E-state index contributed by atoms with van der Waals surface area (Å²) in [4.78, 5) is 1.28. The summed E-state index contributed by atoms with van der Waals surface area (Å²) in [6, 6.07) is 10.3. The molecule has 1 aromatic rings. The van der Waals surface area contributed by atoms with Crippen LogP contribution in [0.25, 0.3) is 0 Å². The fourth-order valence-electron chi connectivity index (χ4n) is 0.769. The molecule has 12 heavy (non-hydrogen) atoms. The molecule has 1 aromatic carbocycles. The quantitative estimate of drug-likeness (QED) is 0.664. The summed E-state index contributed by atoms with van der Waals surface area (Å²) in [5.74, 6) is 0.944. The van der Waals surface area contributed by atoms with Crippen molar-refractivity contribution in [3.63, 3.8) is 0 Å². The van der Waals surface area contributed by atoms with Gasteiger partial charge in [-0.15, -0.1) is 11.8 Å². The lowest BCUT2D eigenvalue weighted by atomic mass is 10.4. The van der Waals surface area contributed by atoms with Gasteiger partial charge < -0.3 is 0 Å². The first-order valence-electron chi connectivity index (χ1n) is 3.79. The highest BCUT2D eigenvalue weighted by Gasteiger charge is 1.88. The van der Waals surface area contributed by atoms with E-state index in [0.717, 1.165) is 10.8 Å². The van der Waals surface area contributed by atoms with Gasteiger partial charge in [0.1, 0.15) is 0 Å². The fourth-order valence-corrected chi connectivity index (χ4v) is 1.81. The summed E-state index contributed by atoms with van der Waals surface area (Å²) in [5.41, 5.74) is 0. The SMILES string of the molecule is C/C(Cl)=C\CSc1ccccc1. The largest absolute Gasteiger partial charge is 0.122 e. The van der Waals surface area contributed by atoms with Gasteiger partial charge in [-0.25, -0.2) is 0 Å². The molecule has 0 unspecified atom stereocenters. The van der Waals surface area contributed by atoms with Crippen LogP contribution in [-0.2, 0) is 0 Å². The maximum absolute atomic E-state index is 5.69. The lowest BCUT2D eigenvalue weighted by Gasteiger charge is -1.96. The standard InChI is InChI=1S/C10H11ClS/c1-9(11)7-8-12-10-5-3-2-4-6-10/h2-7H,8H2,1H3/b9-7+. The van der Waals surface area contributed by atoms with Crippen molar-refractivity contribution in [3.8, 4) is 0 Å². The van der Waals surface area contributed by atoms with Crippen molar-refractivity contribution >= 4 is 23.4 Å². The second-order valence-corrected chi connectivity index (χ2v) is 4.10. The molecule has 0 aliphatic carbocycles. The minimum absolute atomic E-state index is 0.860. The molecule has 0 spiro atoms. The summed E-state index contributed by atoms with van der Waals surface area (Å²) < 4.78 is 0. The molecule has 64 valence electrons. The van der Waals surface area contributed by atoms with Crippen molar-refractivity contribution in [1.82, 2.24) is 0 Å². The molecule has 2 heteroatoms. The second kappa shape index (κ2) is 5.28. The zero-order valence-corrected chi connectivity index (χ0v) is 8.53. The highest BCUT2D eigenvalue weighted by atomic mass is 35.5. The topological polar surface area (TPSA) is 0 Å². The first-order valence-corrected chi connectivity index (χ1v) is 5.15. The van der Waals surface area contributed by atoms with E-state index in [4.69, 9.17) is 11.6 Å². The van der Waals surface area contributed by atoms with Crippen molar-refractivity contribution in [2.24, 2.45) is 0 Å². The molecule has 0 radical (unpaired) electrons. The normalized spacial score (nSPS) is 11.7. The van der Waals surface area contributed by atoms with Crippen LogP contribution in [0.15, 0.2) is 46.3 Å². The summed E-state index contributed by atoms with van der Waals surface area (Å²) >= 11 is 7.48. The van der Waals surface area contributed by atoms with Crippen LogP contribution < -0.4 is 0 Å². The Morgan fingerprint density at radius 3 is 2.67 bits per heavy atom. The maximum Gasteiger partial charge on any atom is 0.0175 e. The molecule has 0 atom stereocenters. The fraction of sp³-hybridized carbons (Fsp3) is 0.200. The van der Waals surface area contributed by atoms with E-state index in [-0.39, 0.29) is 0 Å². The predicted molar refractivity (Wildman–Crippen MR) is 56.8 cm³/mol. The molecule has 0 aliphatic heterocycles. The predicted octanol–water partition coefficient (Wildman–Crippen LogP) is 3.92. The number of hydrogen-bond acceptors (Lipinski definition) is 1. The summed E-state index contributed by atoms with van der Waals surface area (Å²) in [6.07, 6.45) is 2.01. The minimum Gasteiger partial charge on any atom is -0.122 e. The number of rotatable bonds is 3.